The molecule has 4 atom stereocenters. The molecule has 2 nitrogen and oxygen atoms in total. The fraction of sp³-hybridized carbons (Fsp3) is 0.625. The monoisotopic (exact) mass is 244 g/mol. The van der Waals surface area contributed by atoms with E-state index in [4.69, 9.17) is 5.73 Å². The van der Waals surface area contributed by atoms with Crippen LogP contribution in [0.2, 0.25) is 0 Å². The number of fused-ring (bicyclic) bond motifs is 1. The minimum atomic E-state index is 0.203. The minimum Gasteiger partial charge on any atom is -0.323 e. The van der Waals surface area contributed by atoms with Gasteiger partial charge in [0.2, 0.25) is 0 Å². The number of hydrogen-bond donors (Lipinski definition) is 1. The fourth-order valence-corrected chi connectivity index (χ4v) is 3.71. The van der Waals surface area contributed by atoms with E-state index in [1.165, 1.54) is 30.5 Å². The second kappa shape index (κ2) is 4.67. The van der Waals surface area contributed by atoms with E-state index in [-0.39, 0.29) is 6.04 Å². The Morgan fingerprint density at radius 3 is 2.72 bits per heavy atom. The topological polar surface area (TPSA) is 29.3 Å². The summed E-state index contributed by atoms with van der Waals surface area (Å²) in [5.74, 6) is 0.817. The molecule has 98 valence electrons. The molecule has 0 radical (unpaired) electrons. The quantitative estimate of drug-likeness (QED) is 0.823. The van der Waals surface area contributed by atoms with Crippen molar-refractivity contribution in [2.75, 3.05) is 6.54 Å². The molecule has 0 aromatic heterocycles. The Morgan fingerprint density at radius 1 is 1.17 bits per heavy atom. The van der Waals surface area contributed by atoms with Gasteiger partial charge in [-0.1, -0.05) is 31.2 Å². The van der Waals surface area contributed by atoms with Crippen LogP contribution < -0.4 is 5.73 Å². The number of piperidine rings is 1. The molecule has 1 saturated heterocycles. The number of benzene rings is 1. The Labute approximate surface area is 110 Å². The van der Waals surface area contributed by atoms with Gasteiger partial charge in [-0.3, -0.25) is 4.90 Å². The largest absolute Gasteiger partial charge is 0.323 e. The van der Waals surface area contributed by atoms with Crippen molar-refractivity contribution in [1.82, 2.24) is 4.90 Å². The Morgan fingerprint density at radius 2 is 1.94 bits per heavy atom. The van der Waals surface area contributed by atoms with E-state index >= 15 is 0 Å². The van der Waals surface area contributed by atoms with Gasteiger partial charge in [0, 0.05) is 24.7 Å². The summed E-state index contributed by atoms with van der Waals surface area (Å²) in [6.07, 6.45) is 3.82. The molecule has 2 heteroatoms. The van der Waals surface area contributed by atoms with Crippen molar-refractivity contribution in [2.24, 2.45) is 11.7 Å². The summed E-state index contributed by atoms with van der Waals surface area (Å²) in [6, 6.07) is 10.1. The predicted molar refractivity (Wildman–Crippen MR) is 75.4 cm³/mol. The summed E-state index contributed by atoms with van der Waals surface area (Å²) in [4.78, 5) is 2.67. The Bertz CT molecular complexity index is 429. The molecule has 0 spiro atoms. The molecule has 1 aliphatic carbocycles. The molecular weight excluding hydrogens is 220 g/mol. The lowest BCUT2D eigenvalue weighted by Crippen LogP contribution is -2.50. The summed E-state index contributed by atoms with van der Waals surface area (Å²) in [7, 11) is 0. The van der Waals surface area contributed by atoms with E-state index < -0.39 is 0 Å². The lowest BCUT2D eigenvalue weighted by molar-refractivity contribution is 0.0693. The molecule has 2 aliphatic rings. The molecule has 2 N–H and O–H groups in total. The zero-order valence-corrected chi connectivity index (χ0v) is 11.5. The molecule has 1 aliphatic heterocycles. The fourth-order valence-electron chi connectivity index (χ4n) is 3.71. The van der Waals surface area contributed by atoms with Gasteiger partial charge < -0.3 is 5.73 Å². The predicted octanol–water partition coefficient (Wildman–Crippen LogP) is 2.73. The van der Waals surface area contributed by atoms with E-state index in [1.54, 1.807) is 0 Å². The highest BCUT2D eigenvalue weighted by Gasteiger charge is 2.37. The van der Waals surface area contributed by atoms with Crippen LogP contribution in [0, 0.1) is 5.92 Å². The van der Waals surface area contributed by atoms with Crippen molar-refractivity contribution in [3.8, 4) is 0 Å². The maximum Gasteiger partial charge on any atom is 0.0459 e. The maximum atomic E-state index is 6.49. The van der Waals surface area contributed by atoms with Crippen molar-refractivity contribution >= 4 is 0 Å². The lowest BCUT2D eigenvalue weighted by Gasteiger charge is -2.42. The summed E-state index contributed by atoms with van der Waals surface area (Å²) in [5, 5.41) is 0. The van der Waals surface area contributed by atoms with Crippen LogP contribution >= 0.6 is 0 Å². The van der Waals surface area contributed by atoms with Crippen molar-refractivity contribution < 1.29 is 0 Å². The van der Waals surface area contributed by atoms with Gasteiger partial charge >= 0.3 is 0 Å². The molecule has 0 saturated carbocycles. The smallest absolute Gasteiger partial charge is 0.0459 e. The first-order valence-electron chi connectivity index (χ1n) is 7.26. The van der Waals surface area contributed by atoms with Crippen molar-refractivity contribution in [3.05, 3.63) is 35.4 Å². The van der Waals surface area contributed by atoms with Crippen molar-refractivity contribution in [3.63, 3.8) is 0 Å². The van der Waals surface area contributed by atoms with E-state index in [1.807, 2.05) is 0 Å². The third-order valence-corrected chi connectivity index (χ3v) is 4.85. The normalized spacial score (nSPS) is 36.6. The van der Waals surface area contributed by atoms with Crippen LogP contribution in [-0.2, 0) is 6.42 Å². The average Bonchev–Trinajstić information content (AvgIpc) is 2.71. The molecule has 0 bridgehead atoms. The number of nitrogens with two attached hydrogens (primary N) is 1. The van der Waals surface area contributed by atoms with Gasteiger partial charge in [0.25, 0.3) is 0 Å². The van der Waals surface area contributed by atoms with Gasteiger partial charge in [0.1, 0.15) is 0 Å². The van der Waals surface area contributed by atoms with E-state index in [2.05, 4.69) is 43.0 Å². The highest BCUT2D eigenvalue weighted by molar-refractivity contribution is 5.37. The second-order valence-corrected chi connectivity index (χ2v) is 6.22. The zero-order chi connectivity index (χ0) is 12.7. The van der Waals surface area contributed by atoms with E-state index in [9.17, 15) is 0 Å². The van der Waals surface area contributed by atoms with Crippen molar-refractivity contribution in [2.45, 2.75) is 51.2 Å². The van der Waals surface area contributed by atoms with Crippen molar-refractivity contribution in [1.29, 1.82) is 0 Å². The van der Waals surface area contributed by atoms with Gasteiger partial charge in [-0.15, -0.1) is 0 Å². The van der Waals surface area contributed by atoms with Crippen LogP contribution in [0.25, 0.3) is 0 Å². The van der Waals surface area contributed by atoms with Crippen LogP contribution in [0.5, 0.6) is 0 Å². The minimum absolute atomic E-state index is 0.203. The first-order valence-corrected chi connectivity index (χ1v) is 7.26. The van der Waals surface area contributed by atoms with Gasteiger partial charge in [-0.05, 0) is 43.2 Å². The summed E-state index contributed by atoms with van der Waals surface area (Å²) in [6.45, 7) is 5.95. The maximum absolute atomic E-state index is 6.49. The molecule has 1 heterocycles. The molecular formula is C16H24N2. The third kappa shape index (κ3) is 1.98. The Hall–Kier alpha value is -0.860. The number of hydrogen-bond acceptors (Lipinski definition) is 2. The van der Waals surface area contributed by atoms with Crippen LogP contribution in [0.3, 0.4) is 0 Å². The number of likely N-dealkylation sites (tertiary alicyclic amines) is 1. The number of nitrogens with zero attached hydrogens (tertiary/aromatic N) is 1. The molecule has 1 aromatic carbocycles. The van der Waals surface area contributed by atoms with Gasteiger partial charge in [0.05, 0.1) is 0 Å². The third-order valence-electron chi connectivity index (χ3n) is 4.85. The lowest BCUT2D eigenvalue weighted by atomic mass is 9.92. The van der Waals surface area contributed by atoms with Gasteiger partial charge in [0.15, 0.2) is 0 Å². The Kier molecular flexibility index (Phi) is 3.16. The summed E-state index contributed by atoms with van der Waals surface area (Å²) >= 11 is 0. The zero-order valence-electron chi connectivity index (χ0n) is 11.5. The van der Waals surface area contributed by atoms with E-state index in [0.717, 1.165) is 12.3 Å². The highest BCUT2D eigenvalue weighted by Crippen LogP contribution is 2.36. The average molecular weight is 244 g/mol. The first kappa shape index (κ1) is 12.2. The highest BCUT2D eigenvalue weighted by atomic mass is 15.2. The molecule has 1 fully saturated rings. The SMILES string of the molecule is CC1CCC(C)N(C2Cc3ccccc3C2N)C1. The van der Waals surface area contributed by atoms with Crippen LogP contribution in [0.15, 0.2) is 24.3 Å². The van der Waals surface area contributed by atoms with Gasteiger partial charge in [-0.25, -0.2) is 0 Å². The van der Waals surface area contributed by atoms with Gasteiger partial charge in [-0.2, -0.15) is 0 Å². The molecule has 4 unspecified atom stereocenters. The molecule has 18 heavy (non-hydrogen) atoms. The second-order valence-electron chi connectivity index (χ2n) is 6.22. The number of rotatable bonds is 1. The summed E-state index contributed by atoms with van der Waals surface area (Å²) < 4.78 is 0. The summed E-state index contributed by atoms with van der Waals surface area (Å²) in [5.41, 5.74) is 9.31. The van der Waals surface area contributed by atoms with Crippen LogP contribution in [-0.4, -0.2) is 23.5 Å². The Balaban J connectivity index is 1.83. The first-order chi connectivity index (χ1) is 8.66. The molecule has 1 aromatic rings. The van der Waals surface area contributed by atoms with Crippen LogP contribution in [0.1, 0.15) is 43.9 Å². The molecule has 3 rings (SSSR count). The van der Waals surface area contributed by atoms with E-state index in [0.29, 0.717) is 12.1 Å². The standard InChI is InChI=1S/C16H24N2/c1-11-7-8-12(2)18(10-11)15-9-13-5-3-4-6-14(13)16(15)17/h3-6,11-12,15-16H,7-10,17H2,1-2H3. The molecule has 0 amide bonds. The van der Waals surface area contributed by atoms with Crippen LogP contribution in [0.4, 0.5) is 0 Å².